The Morgan fingerprint density at radius 2 is 1.88 bits per heavy atom. The van der Waals surface area contributed by atoms with Gasteiger partial charge in [0.15, 0.2) is 5.82 Å². The first-order valence-corrected chi connectivity index (χ1v) is 10.8. The Kier molecular flexibility index (Phi) is 6.28. The zero-order valence-electron chi connectivity index (χ0n) is 18.2. The van der Waals surface area contributed by atoms with E-state index in [4.69, 9.17) is 16.3 Å². The second-order valence-electron chi connectivity index (χ2n) is 8.18. The average Bonchev–Trinajstić information content (AvgIpc) is 3.18. The average molecular weight is 498 g/mol. The molecule has 0 aliphatic carbocycles. The highest BCUT2D eigenvalue weighted by atomic mass is 35.5. The minimum atomic E-state index is -4.84. The number of hydrogen-bond donors (Lipinski definition) is 0. The topological polar surface area (TPSA) is 64.4 Å². The quantitative estimate of drug-likeness (QED) is 0.369. The minimum Gasteiger partial charge on any atom is -0.469 e. The van der Waals surface area contributed by atoms with Crippen LogP contribution in [0.1, 0.15) is 29.3 Å². The Morgan fingerprint density at radius 3 is 2.53 bits per heavy atom. The van der Waals surface area contributed by atoms with E-state index in [-0.39, 0.29) is 34.5 Å². The summed E-state index contributed by atoms with van der Waals surface area (Å²) in [5.74, 6) is -2.55. The number of fused-ring (bicyclic) bond motifs is 1. The van der Waals surface area contributed by atoms with Gasteiger partial charge in [-0.2, -0.15) is 17.9 Å². The number of piperidine rings is 1. The van der Waals surface area contributed by atoms with Crippen molar-refractivity contribution < 1.29 is 31.9 Å². The van der Waals surface area contributed by atoms with E-state index in [0.29, 0.717) is 19.5 Å². The summed E-state index contributed by atoms with van der Waals surface area (Å²) in [6.45, 7) is 2.47. The Morgan fingerprint density at radius 1 is 1.18 bits per heavy atom. The normalized spacial score (nSPS) is 18.9. The minimum absolute atomic E-state index is 0.000167. The van der Waals surface area contributed by atoms with Crippen molar-refractivity contribution >= 4 is 40.2 Å². The highest BCUT2D eigenvalue weighted by molar-refractivity contribution is 6.34. The van der Waals surface area contributed by atoms with Crippen LogP contribution >= 0.6 is 11.6 Å². The first kappa shape index (κ1) is 24.0. The van der Waals surface area contributed by atoms with Crippen molar-refractivity contribution in [2.75, 3.05) is 25.1 Å². The van der Waals surface area contributed by atoms with Crippen LogP contribution in [-0.2, 0) is 15.7 Å². The number of rotatable bonds is 3. The summed E-state index contributed by atoms with van der Waals surface area (Å²) in [6, 6.07) is 6.96. The summed E-state index contributed by atoms with van der Waals surface area (Å²) < 4.78 is 61.3. The maximum absolute atomic E-state index is 14.9. The van der Waals surface area contributed by atoms with Gasteiger partial charge in [-0.15, -0.1) is 5.10 Å². The molecular weight excluding hydrogens is 478 g/mol. The summed E-state index contributed by atoms with van der Waals surface area (Å²) in [5, 5.41) is 3.86. The van der Waals surface area contributed by atoms with Crippen LogP contribution in [0.25, 0.3) is 10.9 Å². The number of hydrogen-bond acceptors (Lipinski definition) is 5. The lowest BCUT2D eigenvalue weighted by molar-refractivity contribution is -0.147. The molecule has 2 atom stereocenters. The number of carbonyl (C=O) groups excluding carboxylic acids is 2. The number of carbonyl (C=O) groups is 2. The lowest BCUT2D eigenvalue weighted by atomic mass is 9.87. The van der Waals surface area contributed by atoms with Crippen LogP contribution in [-0.4, -0.2) is 41.9 Å². The summed E-state index contributed by atoms with van der Waals surface area (Å²) in [6.07, 6.45) is -4.43. The lowest BCUT2D eigenvalue weighted by Crippen LogP contribution is -2.42. The molecule has 1 aromatic heterocycles. The summed E-state index contributed by atoms with van der Waals surface area (Å²) in [5.41, 5.74) is -1.97. The van der Waals surface area contributed by atoms with Gasteiger partial charge in [0.05, 0.1) is 40.1 Å². The van der Waals surface area contributed by atoms with Crippen molar-refractivity contribution in [2.24, 2.45) is 11.8 Å². The highest BCUT2D eigenvalue weighted by Crippen LogP contribution is 2.38. The molecule has 0 spiro atoms. The molecule has 1 aliphatic rings. The smallest absolute Gasteiger partial charge is 0.417 e. The van der Waals surface area contributed by atoms with E-state index in [1.54, 1.807) is 4.90 Å². The van der Waals surface area contributed by atoms with Crippen molar-refractivity contribution in [1.82, 2.24) is 9.78 Å². The number of alkyl halides is 3. The molecule has 6 nitrogen and oxygen atoms in total. The molecule has 1 aliphatic heterocycles. The van der Waals surface area contributed by atoms with Crippen LogP contribution < -0.4 is 4.90 Å². The van der Waals surface area contributed by atoms with Gasteiger partial charge in [0.2, 0.25) is 0 Å². The number of aromatic nitrogens is 2. The molecule has 2 aromatic carbocycles. The van der Waals surface area contributed by atoms with E-state index in [0.717, 1.165) is 16.8 Å². The van der Waals surface area contributed by atoms with Gasteiger partial charge in [0.25, 0.3) is 5.91 Å². The number of benzene rings is 2. The van der Waals surface area contributed by atoms with Crippen molar-refractivity contribution in [3.63, 3.8) is 0 Å². The lowest BCUT2D eigenvalue weighted by Gasteiger charge is -2.35. The molecule has 1 saturated heterocycles. The van der Waals surface area contributed by atoms with Crippen LogP contribution in [0.4, 0.5) is 23.4 Å². The predicted molar refractivity (Wildman–Crippen MR) is 117 cm³/mol. The van der Waals surface area contributed by atoms with Gasteiger partial charge in [-0.1, -0.05) is 30.7 Å². The molecule has 0 bridgehead atoms. The summed E-state index contributed by atoms with van der Waals surface area (Å²) >= 11 is 6.01. The zero-order valence-corrected chi connectivity index (χ0v) is 19.0. The second kappa shape index (κ2) is 8.90. The van der Waals surface area contributed by atoms with Gasteiger partial charge in [-0.3, -0.25) is 9.59 Å². The number of esters is 1. The fourth-order valence-corrected chi connectivity index (χ4v) is 4.66. The maximum atomic E-state index is 14.9. The molecule has 11 heteroatoms. The van der Waals surface area contributed by atoms with Gasteiger partial charge in [0.1, 0.15) is 5.82 Å². The van der Waals surface area contributed by atoms with Crippen LogP contribution in [0.3, 0.4) is 0 Å². The number of ether oxygens (including phenoxy) is 1. The molecule has 1 fully saturated rings. The van der Waals surface area contributed by atoms with E-state index in [1.807, 2.05) is 6.92 Å². The Balaban J connectivity index is 1.82. The zero-order chi connectivity index (χ0) is 24.8. The van der Waals surface area contributed by atoms with Crippen molar-refractivity contribution in [3.05, 3.63) is 58.4 Å². The van der Waals surface area contributed by atoms with E-state index >= 15 is 0 Å². The predicted octanol–water partition coefficient (Wildman–Crippen LogP) is 5.17. The standard InChI is InChI=1S/C23H20ClF4N3O3/c1-12-11-30(10-9-13(12)22(33)34-2)20-19-16(25)7-4-8-17(19)31(29-20)21(32)18-14(23(26,27)28)5-3-6-15(18)24/h3-8,12-13H,9-11H2,1-2H3/t12-,13?/m0/s1. The maximum Gasteiger partial charge on any atom is 0.417 e. The first-order valence-electron chi connectivity index (χ1n) is 10.4. The SMILES string of the molecule is COC(=O)C1CCN(c2nn(C(=O)c3c(Cl)cccc3C(F)(F)F)c3cccc(F)c23)C[C@@H]1C. The van der Waals surface area contributed by atoms with Gasteiger partial charge in [-0.05, 0) is 36.6 Å². The monoisotopic (exact) mass is 497 g/mol. The second-order valence-corrected chi connectivity index (χ2v) is 8.58. The number of anilines is 1. The van der Waals surface area contributed by atoms with Crippen LogP contribution in [0.5, 0.6) is 0 Å². The molecule has 2 heterocycles. The summed E-state index contributed by atoms with van der Waals surface area (Å²) in [7, 11) is 1.31. The first-order chi connectivity index (χ1) is 16.0. The summed E-state index contributed by atoms with van der Waals surface area (Å²) in [4.78, 5) is 27.0. The third kappa shape index (κ3) is 4.11. The van der Waals surface area contributed by atoms with E-state index in [1.165, 1.54) is 31.4 Å². The van der Waals surface area contributed by atoms with Crippen molar-refractivity contribution in [2.45, 2.75) is 19.5 Å². The van der Waals surface area contributed by atoms with E-state index in [2.05, 4.69) is 5.10 Å². The van der Waals surface area contributed by atoms with E-state index in [9.17, 15) is 27.2 Å². The Hall–Kier alpha value is -3.14. The molecule has 1 unspecified atom stereocenters. The molecule has 0 amide bonds. The fourth-order valence-electron chi connectivity index (χ4n) is 4.41. The molecule has 34 heavy (non-hydrogen) atoms. The third-order valence-electron chi connectivity index (χ3n) is 6.07. The highest BCUT2D eigenvalue weighted by Gasteiger charge is 2.38. The molecule has 0 N–H and O–H groups in total. The van der Waals surface area contributed by atoms with Gasteiger partial charge < -0.3 is 9.64 Å². The van der Waals surface area contributed by atoms with Crippen LogP contribution in [0, 0.1) is 17.7 Å². The van der Waals surface area contributed by atoms with Crippen LogP contribution in [0.2, 0.25) is 5.02 Å². The Bertz CT molecular complexity index is 1270. The Labute approximate surface area is 197 Å². The number of nitrogens with zero attached hydrogens (tertiary/aromatic N) is 3. The third-order valence-corrected chi connectivity index (χ3v) is 6.39. The molecular formula is C23H20ClF4N3O3. The molecule has 3 aromatic rings. The van der Waals surface area contributed by atoms with Crippen molar-refractivity contribution in [3.8, 4) is 0 Å². The largest absolute Gasteiger partial charge is 0.469 e. The van der Waals surface area contributed by atoms with E-state index < -0.39 is 34.1 Å². The van der Waals surface area contributed by atoms with Gasteiger partial charge >= 0.3 is 12.1 Å². The van der Waals surface area contributed by atoms with Gasteiger partial charge in [-0.25, -0.2) is 4.39 Å². The van der Waals surface area contributed by atoms with Gasteiger partial charge in [0, 0.05) is 13.1 Å². The molecule has 4 rings (SSSR count). The molecule has 0 radical (unpaired) electrons. The van der Waals surface area contributed by atoms with Crippen molar-refractivity contribution in [1.29, 1.82) is 0 Å². The molecule has 180 valence electrons. The van der Waals surface area contributed by atoms with Crippen LogP contribution in [0.15, 0.2) is 36.4 Å². The molecule has 0 saturated carbocycles. The fraction of sp³-hybridized carbons (Fsp3) is 0.348. The number of halogens is 5. The number of methoxy groups -OCH3 is 1.